The molecule has 26 heavy (non-hydrogen) atoms. The Labute approximate surface area is 157 Å². The fourth-order valence-corrected chi connectivity index (χ4v) is 3.44. The summed E-state index contributed by atoms with van der Waals surface area (Å²) in [4.78, 5) is 11.5. The van der Waals surface area contributed by atoms with Gasteiger partial charge in [-0.3, -0.25) is 4.79 Å². The second-order valence-electron chi connectivity index (χ2n) is 6.85. The van der Waals surface area contributed by atoms with Crippen LogP contribution in [0.1, 0.15) is 75.6 Å². The molecule has 0 aliphatic carbocycles. The van der Waals surface area contributed by atoms with Gasteiger partial charge < -0.3 is 4.74 Å². The Kier molecular flexibility index (Phi) is 7.89. The molecule has 0 N–H and O–H groups in total. The van der Waals surface area contributed by atoms with E-state index in [1.807, 2.05) is 30.8 Å². The molecular formula is C22H32N2O2. The summed E-state index contributed by atoms with van der Waals surface area (Å²) >= 11 is 0. The molecule has 0 fully saturated rings. The quantitative estimate of drug-likeness (QED) is 0.538. The fourth-order valence-electron chi connectivity index (χ4n) is 3.44. The molecule has 1 aromatic heterocycles. The minimum absolute atomic E-state index is 0.103. The largest absolute Gasteiger partial charge is 0.466 e. The molecule has 1 unspecified atom stereocenters. The van der Waals surface area contributed by atoms with Crippen LogP contribution < -0.4 is 0 Å². The Morgan fingerprint density at radius 3 is 2.65 bits per heavy atom. The molecule has 1 aromatic carbocycles. The van der Waals surface area contributed by atoms with Gasteiger partial charge in [0, 0.05) is 12.6 Å². The highest BCUT2D eigenvalue weighted by Crippen LogP contribution is 2.31. The van der Waals surface area contributed by atoms with E-state index in [9.17, 15) is 4.79 Å². The van der Waals surface area contributed by atoms with Crippen LogP contribution in [-0.2, 0) is 16.0 Å². The highest BCUT2D eigenvalue weighted by Gasteiger charge is 2.16. The lowest BCUT2D eigenvalue weighted by Crippen LogP contribution is -2.07. The molecule has 0 bridgehead atoms. The molecule has 0 spiro atoms. The molecule has 0 aliphatic rings. The Morgan fingerprint density at radius 2 is 2.04 bits per heavy atom. The van der Waals surface area contributed by atoms with Gasteiger partial charge in [0.15, 0.2) is 0 Å². The molecule has 0 aliphatic heterocycles. The lowest BCUT2D eigenvalue weighted by Gasteiger charge is -2.20. The lowest BCUT2D eigenvalue weighted by molar-refractivity contribution is -0.143. The molecule has 0 saturated heterocycles. The number of aromatic nitrogens is 2. The van der Waals surface area contributed by atoms with Gasteiger partial charge in [0.05, 0.1) is 18.0 Å². The zero-order chi connectivity index (χ0) is 18.9. The van der Waals surface area contributed by atoms with E-state index in [-0.39, 0.29) is 5.97 Å². The summed E-state index contributed by atoms with van der Waals surface area (Å²) in [7, 11) is 0. The number of hydrogen-bond donors (Lipinski definition) is 0. The number of hydrogen-bond acceptors (Lipinski definition) is 3. The van der Waals surface area contributed by atoms with Gasteiger partial charge in [-0.15, -0.1) is 0 Å². The molecular weight excluding hydrogens is 324 g/mol. The van der Waals surface area contributed by atoms with E-state index >= 15 is 0 Å². The van der Waals surface area contributed by atoms with Crippen LogP contribution >= 0.6 is 0 Å². The van der Waals surface area contributed by atoms with Crippen molar-refractivity contribution in [2.45, 2.75) is 72.1 Å². The average Bonchev–Trinajstić information content (AvgIpc) is 3.06. The average molecular weight is 357 g/mol. The number of carbonyl (C=O) groups excluding carboxylic acids is 1. The number of carbonyl (C=O) groups is 1. The van der Waals surface area contributed by atoms with Gasteiger partial charge in [0.25, 0.3) is 0 Å². The topological polar surface area (TPSA) is 44.1 Å². The van der Waals surface area contributed by atoms with Crippen LogP contribution in [0.15, 0.2) is 30.5 Å². The van der Waals surface area contributed by atoms with Crippen LogP contribution in [0, 0.1) is 6.92 Å². The van der Waals surface area contributed by atoms with E-state index in [2.05, 4.69) is 37.1 Å². The minimum Gasteiger partial charge on any atom is -0.466 e. The third-order valence-corrected chi connectivity index (χ3v) is 4.78. The number of ether oxygens (including phenoxy) is 1. The van der Waals surface area contributed by atoms with E-state index in [4.69, 9.17) is 4.74 Å². The number of esters is 1. The van der Waals surface area contributed by atoms with Gasteiger partial charge in [-0.2, -0.15) is 5.10 Å². The maximum Gasteiger partial charge on any atom is 0.305 e. The third kappa shape index (κ3) is 5.45. The van der Waals surface area contributed by atoms with Crippen molar-refractivity contribution in [1.82, 2.24) is 9.78 Å². The first-order valence-corrected chi connectivity index (χ1v) is 9.90. The van der Waals surface area contributed by atoms with Crippen molar-refractivity contribution in [2.75, 3.05) is 6.61 Å². The zero-order valence-electron chi connectivity index (χ0n) is 16.6. The summed E-state index contributed by atoms with van der Waals surface area (Å²) in [6, 6.07) is 8.71. The summed E-state index contributed by atoms with van der Waals surface area (Å²) in [5.41, 5.74) is 4.85. The van der Waals surface area contributed by atoms with Gasteiger partial charge in [0.1, 0.15) is 0 Å². The van der Waals surface area contributed by atoms with Crippen LogP contribution in [0.3, 0.4) is 0 Å². The van der Waals surface area contributed by atoms with Crippen molar-refractivity contribution in [3.63, 3.8) is 0 Å². The molecule has 4 nitrogen and oxygen atoms in total. The molecule has 0 radical (unpaired) electrons. The van der Waals surface area contributed by atoms with Crippen molar-refractivity contribution in [2.24, 2.45) is 0 Å². The number of benzene rings is 1. The first kappa shape index (κ1) is 20.2. The first-order chi connectivity index (χ1) is 12.6. The first-order valence-electron chi connectivity index (χ1n) is 9.90. The van der Waals surface area contributed by atoms with E-state index in [1.54, 1.807) is 0 Å². The van der Waals surface area contributed by atoms with E-state index in [1.165, 1.54) is 29.7 Å². The van der Waals surface area contributed by atoms with Gasteiger partial charge in [-0.05, 0) is 68.7 Å². The normalized spacial score (nSPS) is 12.2. The smallest absolute Gasteiger partial charge is 0.305 e. The Hall–Kier alpha value is -2.10. The van der Waals surface area contributed by atoms with Crippen molar-refractivity contribution >= 4 is 5.97 Å². The SMILES string of the molecule is CCCC(CC)c1cc(CCCC(=O)OCC)ccc1-n1ccc(C)n1. The molecule has 0 amide bonds. The Bertz CT molecular complexity index is 706. The molecule has 4 heteroatoms. The monoisotopic (exact) mass is 356 g/mol. The molecule has 142 valence electrons. The van der Waals surface area contributed by atoms with Crippen LogP contribution in [0.2, 0.25) is 0 Å². The maximum absolute atomic E-state index is 11.5. The number of aryl methyl sites for hydroxylation is 2. The Morgan fingerprint density at radius 1 is 1.23 bits per heavy atom. The van der Waals surface area contributed by atoms with Crippen LogP contribution in [0.25, 0.3) is 5.69 Å². The van der Waals surface area contributed by atoms with E-state index in [0.717, 1.165) is 25.0 Å². The second kappa shape index (κ2) is 10.1. The Balaban J connectivity index is 2.22. The predicted molar refractivity (Wildman–Crippen MR) is 106 cm³/mol. The van der Waals surface area contributed by atoms with Gasteiger partial charge in [-0.25, -0.2) is 4.68 Å². The highest BCUT2D eigenvalue weighted by molar-refractivity contribution is 5.69. The molecule has 1 atom stereocenters. The van der Waals surface area contributed by atoms with Crippen LogP contribution in [0.5, 0.6) is 0 Å². The maximum atomic E-state index is 11.5. The van der Waals surface area contributed by atoms with Crippen molar-refractivity contribution in [3.8, 4) is 5.69 Å². The summed E-state index contributed by atoms with van der Waals surface area (Å²) in [6.07, 6.45) is 7.70. The van der Waals surface area contributed by atoms with Gasteiger partial charge in [-0.1, -0.05) is 32.4 Å². The zero-order valence-corrected chi connectivity index (χ0v) is 16.6. The van der Waals surface area contributed by atoms with Crippen LogP contribution in [0.4, 0.5) is 0 Å². The van der Waals surface area contributed by atoms with Crippen molar-refractivity contribution in [1.29, 1.82) is 0 Å². The highest BCUT2D eigenvalue weighted by atomic mass is 16.5. The second-order valence-corrected chi connectivity index (χ2v) is 6.85. The molecule has 0 saturated carbocycles. The summed E-state index contributed by atoms with van der Waals surface area (Å²) in [5, 5.41) is 4.61. The number of rotatable bonds is 10. The summed E-state index contributed by atoms with van der Waals surface area (Å²) in [5.74, 6) is 0.429. The summed E-state index contributed by atoms with van der Waals surface area (Å²) in [6.45, 7) is 8.81. The molecule has 1 heterocycles. The van der Waals surface area contributed by atoms with E-state index in [0.29, 0.717) is 18.9 Å². The van der Waals surface area contributed by atoms with Gasteiger partial charge >= 0.3 is 5.97 Å². The lowest BCUT2D eigenvalue weighted by atomic mass is 9.89. The van der Waals surface area contributed by atoms with Crippen LogP contribution in [-0.4, -0.2) is 22.4 Å². The fraction of sp³-hybridized carbons (Fsp3) is 0.545. The van der Waals surface area contributed by atoms with E-state index < -0.39 is 0 Å². The van der Waals surface area contributed by atoms with Crippen molar-refractivity contribution in [3.05, 3.63) is 47.3 Å². The summed E-state index contributed by atoms with van der Waals surface area (Å²) < 4.78 is 7.01. The third-order valence-electron chi connectivity index (χ3n) is 4.78. The molecule has 2 rings (SSSR count). The minimum atomic E-state index is -0.103. The standard InChI is InChI=1S/C22H32N2O2/c1-5-9-19(6-2)20-16-18(10-8-11-22(25)26-7-3)12-13-21(20)24-15-14-17(4)23-24/h12-16,19H,5-11H2,1-4H3. The van der Waals surface area contributed by atoms with Crippen molar-refractivity contribution < 1.29 is 9.53 Å². The van der Waals surface area contributed by atoms with Gasteiger partial charge in [0.2, 0.25) is 0 Å². The number of nitrogens with zero attached hydrogens (tertiary/aromatic N) is 2. The predicted octanol–water partition coefficient (Wildman–Crippen LogP) is 5.36. The molecule has 2 aromatic rings.